The van der Waals surface area contributed by atoms with Crippen molar-refractivity contribution in [2.45, 2.75) is 0 Å². The van der Waals surface area contributed by atoms with Gasteiger partial charge in [0.25, 0.3) is 0 Å². The third-order valence-electron chi connectivity index (χ3n) is 13.5. The Morgan fingerprint density at radius 3 is 1.50 bits per heavy atom. The van der Waals surface area contributed by atoms with Crippen LogP contribution in [0, 0.1) is 0 Å². The molecule has 0 saturated heterocycles. The molecule has 0 N–H and O–H groups in total. The van der Waals surface area contributed by atoms with Crippen LogP contribution in [0.15, 0.2) is 255 Å². The van der Waals surface area contributed by atoms with Crippen LogP contribution in [-0.2, 0) is 0 Å². The SMILES string of the molecule is c1ccc(-c2cccc(-c3ccc(N(c4ccc(-c5ccc6c7ccccc7c7c(c(-c8ccccc8)c8ccccn87)c6c5)cc4)c4ccc5c(ccc6ccccc65)c4)cc3)c2)cc1. The van der Waals surface area contributed by atoms with Gasteiger partial charge in [0, 0.05) is 39.6 Å². The quantitative estimate of drug-likeness (QED) is 0.145. The summed E-state index contributed by atoms with van der Waals surface area (Å²) in [5.41, 5.74) is 15.4. The van der Waals surface area contributed by atoms with Gasteiger partial charge in [-0.15, -0.1) is 0 Å². The molecule has 0 aliphatic heterocycles. The Morgan fingerprint density at radius 2 is 0.773 bits per heavy atom. The molecule has 2 aromatic heterocycles. The van der Waals surface area contributed by atoms with Gasteiger partial charge in [-0.05, 0) is 137 Å². The predicted octanol–water partition coefficient (Wildman–Crippen LogP) is 17.8. The second-order valence-electron chi connectivity index (χ2n) is 17.3. The molecule has 0 saturated carbocycles. The first-order valence-corrected chi connectivity index (χ1v) is 22.7. The Hall–Kier alpha value is -8.72. The third kappa shape index (κ3) is 6.26. The maximum absolute atomic E-state index is 2.42. The van der Waals surface area contributed by atoms with Crippen LogP contribution < -0.4 is 4.90 Å². The van der Waals surface area contributed by atoms with E-state index in [4.69, 9.17) is 0 Å². The summed E-state index contributed by atoms with van der Waals surface area (Å²) in [7, 11) is 0. The van der Waals surface area contributed by atoms with E-state index in [1.807, 2.05) is 0 Å². The van der Waals surface area contributed by atoms with Gasteiger partial charge in [0.05, 0.1) is 11.0 Å². The van der Waals surface area contributed by atoms with E-state index in [0.29, 0.717) is 0 Å². The minimum Gasteiger partial charge on any atom is -0.315 e. The molecule has 308 valence electrons. The van der Waals surface area contributed by atoms with Crippen molar-refractivity contribution in [1.82, 2.24) is 4.40 Å². The molecular formula is C64H42N2. The van der Waals surface area contributed by atoms with Gasteiger partial charge >= 0.3 is 0 Å². The summed E-state index contributed by atoms with van der Waals surface area (Å²) in [6.07, 6.45) is 2.21. The highest BCUT2D eigenvalue weighted by atomic mass is 15.1. The van der Waals surface area contributed by atoms with E-state index in [-0.39, 0.29) is 0 Å². The highest BCUT2D eigenvalue weighted by molar-refractivity contribution is 6.30. The molecule has 2 heterocycles. The summed E-state index contributed by atoms with van der Waals surface area (Å²) in [6, 6.07) is 91.0. The minimum atomic E-state index is 1.09. The molecule has 0 aliphatic carbocycles. The molecule has 2 nitrogen and oxygen atoms in total. The van der Waals surface area contributed by atoms with Gasteiger partial charge in [-0.3, -0.25) is 0 Å². The van der Waals surface area contributed by atoms with Crippen molar-refractivity contribution in [3.63, 3.8) is 0 Å². The van der Waals surface area contributed by atoms with Gasteiger partial charge in [0.2, 0.25) is 0 Å². The van der Waals surface area contributed by atoms with Crippen molar-refractivity contribution >= 4 is 76.6 Å². The molecule has 66 heavy (non-hydrogen) atoms. The summed E-state index contributed by atoms with van der Waals surface area (Å²) >= 11 is 0. The Labute approximate surface area is 383 Å². The number of hydrogen-bond donors (Lipinski definition) is 0. The van der Waals surface area contributed by atoms with E-state index < -0.39 is 0 Å². The minimum absolute atomic E-state index is 1.09. The second kappa shape index (κ2) is 15.5. The van der Waals surface area contributed by atoms with Crippen LogP contribution in [0.3, 0.4) is 0 Å². The molecule has 0 unspecified atom stereocenters. The maximum atomic E-state index is 2.42. The van der Waals surface area contributed by atoms with Crippen molar-refractivity contribution < 1.29 is 0 Å². The van der Waals surface area contributed by atoms with Gasteiger partial charge < -0.3 is 9.30 Å². The van der Waals surface area contributed by atoms with Crippen molar-refractivity contribution in [3.05, 3.63) is 255 Å². The summed E-state index contributed by atoms with van der Waals surface area (Å²) in [4.78, 5) is 2.39. The first-order chi connectivity index (χ1) is 32.7. The number of hydrogen-bond acceptors (Lipinski definition) is 1. The third-order valence-corrected chi connectivity index (χ3v) is 13.5. The average Bonchev–Trinajstić information content (AvgIpc) is 3.75. The number of anilines is 3. The van der Waals surface area contributed by atoms with Gasteiger partial charge in [0.1, 0.15) is 0 Å². The van der Waals surface area contributed by atoms with E-state index in [1.165, 1.54) is 104 Å². The van der Waals surface area contributed by atoms with Crippen LogP contribution in [0.2, 0.25) is 0 Å². The van der Waals surface area contributed by atoms with E-state index in [9.17, 15) is 0 Å². The van der Waals surface area contributed by atoms with Crippen molar-refractivity contribution in [1.29, 1.82) is 0 Å². The molecular weight excluding hydrogens is 797 g/mol. The van der Waals surface area contributed by atoms with Crippen LogP contribution in [0.5, 0.6) is 0 Å². The molecule has 13 rings (SSSR count). The molecule has 0 spiro atoms. The lowest BCUT2D eigenvalue weighted by atomic mass is 9.91. The van der Waals surface area contributed by atoms with E-state index in [2.05, 4.69) is 264 Å². The number of nitrogens with zero attached hydrogens (tertiary/aromatic N) is 2. The monoisotopic (exact) mass is 838 g/mol. The molecule has 0 radical (unpaired) electrons. The number of fused-ring (bicyclic) bond motifs is 11. The van der Waals surface area contributed by atoms with Crippen LogP contribution in [0.25, 0.3) is 104 Å². The Morgan fingerprint density at radius 1 is 0.273 bits per heavy atom. The predicted molar refractivity (Wildman–Crippen MR) is 281 cm³/mol. The van der Waals surface area contributed by atoms with Crippen LogP contribution in [-0.4, -0.2) is 4.40 Å². The molecule has 0 bridgehead atoms. The van der Waals surface area contributed by atoms with Crippen molar-refractivity contribution in [2.75, 3.05) is 4.90 Å². The largest absolute Gasteiger partial charge is 0.315 e. The second-order valence-corrected chi connectivity index (χ2v) is 17.3. The average molecular weight is 839 g/mol. The standard InChI is InChI=1S/C64H42N2/c1-3-14-43(15-4-1)48-19-13-20-49(40-48)44-27-32-52(33-28-44)66(54-36-38-56-51(41-54)26-25-46-16-7-8-21-55(46)56)53-34-29-45(30-35-53)50-31-37-58-57-22-9-10-23-59(57)64-63(60(58)42-50)62(47-17-5-2-6-18-47)61-24-11-12-39-65(61)64/h1-42H. The lowest BCUT2D eigenvalue weighted by Crippen LogP contribution is -2.09. The molecule has 0 atom stereocenters. The number of aromatic nitrogens is 1. The first kappa shape index (κ1) is 37.8. The highest BCUT2D eigenvalue weighted by Gasteiger charge is 2.21. The molecule has 13 aromatic rings. The lowest BCUT2D eigenvalue weighted by molar-refractivity contribution is 1.26. The van der Waals surface area contributed by atoms with Gasteiger partial charge in [-0.1, -0.05) is 188 Å². The van der Waals surface area contributed by atoms with Crippen molar-refractivity contribution in [3.8, 4) is 44.5 Å². The van der Waals surface area contributed by atoms with E-state index >= 15 is 0 Å². The van der Waals surface area contributed by atoms with Crippen LogP contribution in [0.4, 0.5) is 17.1 Å². The number of rotatable bonds is 7. The zero-order chi connectivity index (χ0) is 43.6. The zero-order valence-corrected chi connectivity index (χ0v) is 36.1. The normalized spacial score (nSPS) is 11.6. The van der Waals surface area contributed by atoms with Gasteiger partial charge in [-0.2, -0.15) is 0 Å². The van der Waals surface area contributed by atoms with Crippen LogP contribution >= 0.6 is 0 Å². The zero-order valence-electron chi connectivity index (χ0n) is 36.1. The van der Waals surface area contributed by atoms with Crippen molar-refractivity contribution in [2.24, 2.45) is 0 Å². The summed E-state index contributed by atoms with van der Waals surface area (Å²) in [5, 5.41) is 11.3. The topological polar surface area (TPSA) is 7.65 Å². The summed E-state index contributed by atoms with van der Waals surface area (Å²) in [5.74, 6) is 0. The summed E-state index contributed by atoms with van der Waals surface area (Å²) in [6.45, 7) is 0. The van der Waals surface area contributed by atoms with Gasteiger partial charge in [-0.25, -0.2) is 0 Å². The smallest absolute Gasteiger partial charge is 0.0620 e. The fraction of sp³-hybridized carbons (Fsp3) is 0. The first-order valence-electron chi connectivity index (χ1n) is 22.7. The fourth-order valence-electron chi connectivity index (χ4n) is 10.4. The highest BCUT2D eigenvalue weighted by Crippen LogP contribution is 2.46. The molecule has 11 aromatic carbocycles. The fourth-order valence-corrected chi connectivity index (χ4v) is 10.4. The van der Waals surface area contributed by atoms with Gasteiger partial charge in [0.15, 0.2) is 0 Å². The Kier molecular flexibility index (Phi) is 8.89. The van der Waals surface area contributed by atoms with E-state index in [0.717, 1.165) is 17.1 Å². The number of benzene rings is 11. The Balaban J connectivity index is 0.944. The van der Waals surface area contributed by atoms with E-state index in [1.54, 1.807) is 0 Å². The molecule has 2 heteroatoms. The maximum Gasteiger partial charge on any atom is 0.0620 e. The molecule has 0 fully saturated rings. The lowest BCUT2D eigenvalue weighted by Gasteiger charge is -2.26. The summed E-state index contributed by atoms with van der Waals surface area (Å²) < 4.78 is 2.39. The number of pyridine rings is 1. The molecule has 0 amide bonds. The molecule has 0 aliphatic rings. The Bertz CT molecular complexity index is 3960. The van der Waals surface area contributed by atoms with Crippen LogP contribution in [0.1, 0.15) is 0 Å².